The summed E-state index contributed by atoms with van der Waals surface area (Å²) in [6.07, 6.45) is 77.9. The average Bonchev–Trinajstić information content (AvgIpc) is 3.36. The largest absolute Gasteiger partial charge is 0.394 e. The molecule has 4 nitrogen and oxygen atoms in total. The molecular weight excluding hydrogens is 901 g/mol. The Morgan fingerprint density at radius 1 is 0.292 bits per heavy atom. The van der Waals surface area contributed by atoms with Crippen LogP contribution in [0.1, 0.15) is 365 Å². The fourth-order valence-corrected chi connectivity index (χ4v) is 11.4. The van der Waals surface area contributed by atoms with Crippen LogP contribution in [0, 0.1) is 0 Å². The number of benzene rings is 2. The predicted molar refractivity (Wildman–Crippen MR) is 322 cm³/mol. The van der Waals surface area contributed by atoms with Crippen LogP contribution in [0.15, 0.2) is 30.3 Å². The summed E-state index contributed by atoms with van der Waals surface area (Å²) in [5, 5.41) is 3.09. The van der Waals surface area contributed by atoms with Gasteiger partial charge < -0.3 is 0 Å². The molecule has 0 aliphatic heterocycles. The Bertz CT molecular complexity index is 1510. The Hall–Kier alpha value is -1.43. The number of fused-ring (bicyclic) bond motifs is 1. The highest BCUT2D eigenvalue weighted by molar-refractivity contribution is 7.79. The Balaban J connectivity index is 0.00000492. The lowest BCUT2D eigenvalue weighted by molar-refractivity contribution is 0.381. The van der Waals surface area contributed by atoms with Crippen molar-refractivity contribution >= 4 is 21.2 Å². The third-order valence-electron chi connectivity index (χ3n) is 16.0. The first-order valence-electron chi connectivity index (χ1n) is 32.5. The first-order valence-corrected chi connectivity index (χ1v) is 33.9. The van der Waals surface area contributed by atoms with Crippen molar-refractivity contribution in [3.8, 4) is 0 Å². The van der Waals surface area contributed by atoms with Crippen molar-refractivity contribution in [3.63, 3.8) is 0 Å². The van der Waals surface area contributed by atoms with E-state index in [1.165, 1.54) is 352 Å². The molecule has 0 aromatic heterocycles. The highest BCUT2D eigenvalue weighted by atomic mass is 32.3. The van der Waals surface area contributed by atoms with Crippen molar-refractivity contribution in [3.05, 3.63) is 47.0 Å². The van der Waals surface area contributed by atoms with Crippen LogP contribution >= 0.6 is 0 Å². The second-order valence-corrected chi connectivity index (χ2v) is 23.8. The van der Waals surface area contributed by atoms with E-state index in [4.69, 9.17) is 17.5 Å². The SMILES string of the molecule is CCCCCCCCCCCCCCCCCCCc1cc2ccccc2c(CCCCCCCCCCCCCCCCCCC)c1CCCCCCCCCCCCCCCCCCC.O=S(=O)(O)O. The minimum atomic E-state index is -4.67. The van der Waals surface area contributed by atoms with Gasteiger partial charge in [-0.15, -0.1) is 0 Å². The molecule has 0 aliphatic rings. The number of unbranched alkanes of at least 4 members (excludes halogenated alkanes) is 48. The van der Waals surface area contributed by atoms with Crippen LogP contribution in [-0.4, -0.2) is 17.5 Å². The van der Waals surface area contributed by atoms with Gasteiger partial charge >= 0.3 is 10.4 Å². The highest BCUT2D eigenvalue weighted by Crippen LogP contribution is 2.31. The Morgan fingerprint density at radius 3 is 0.764 bits per heavy atom. The fourth-order valence-electron chi connectivity index (χ4n) is 11.4. The van der Waals surface area contributed by atoms with Crippen LogP contribution < -0.4 is 0 Å². The zero-order valence-corrected chi connectivity index (χ0v) is 49.5. The first kappa shape index (κ1) is 68.6. The van der Waals surface area contributed by atoms with Gasteiger partial charge in [-0.2, -0.15) is 8.42 Å². The lowest BCUT2D eigenvalue weighted by atomic mass is 9.86. The lowest BCUT2D eigenvalue weighted by Gasteiger charge is -2.19. The van der Waals surface area contributed by atoms with Crippen molar-refractivity contribution in [1.29, 1.82) is 0 Å². The summed E-state index contributed by atoms with van der Waals surface area (Å²) in [6.45, 7) is 6.96. The Labute approximate surface area is 451 Å². The van der Waals surface area contributed by atoms with E-state index < -0.39 is 10.4 Å². The van der Waals surface area contributed by atoms with Gasteiger partial charge in [-0.1, -0.05) is 359 Å². The van der Waals surface area contributed by atoms with Crippen LogP contribution in [0.2, 0.25) is 0 Å². The van der Waals surface area contributed by atoms with E-state index in [9.17, 15) is 0 Å². The molecule has 0 amide bonds. The maximum Gasteiger partial charge on any atom is 0.394 e. The maximum absolute atomic E-state index is 8.74. The van der Waals surface area contributed by atoms with E-state index in [2.05, 4.69) is 51.1 Å². The Morgan fingerprint density at radius 2 is 0.500 bits per heavy atom. The quantitative estimate of drug-likeness (QED) is 0.0511. The van der Waals surface area contributed by atoms with E-state index in [-0.39, 0.29) is 0 Å². The highest BCUT2D eigenvalue weighted by Gasteiger charge is 2.14. The number of hydrogen-bond acceptors (Lipinski definition) is 2. The van der Waals surface area contributed by atoms with Crippen molar-refractivity contribution in [1.82, 2.24) is 0 Å². The van der Waals surface area contributed by atoms with Crippen molar-refractivity contribution in [2.45, 2.75) is 367 Å². The molecule has 0 heterocycles. The standard InChI is InChI=1S/C67H122.H2O4S/c1-4-7-10-13-16-19-22-25-28-31-34-37-40-43-46-49-52-57-63-62-64-58-55-56-60-66(64)67(61-54-51-48-45-42-39-36-33-30-27-24-21-18-15-12-9-6-3)65(63)59-53-50-47-44-41-38-35-32-29-26-23-20-17-14-11-8-5-2;1-5(2,3)4/h55-56,58,60,62H,4-54,57,59,61H2,1-3H3;(H2,1,2,3,4). The summed E-state index contributed by atoms with van der Waals surface area (Å²) < 4.78 is 31.6. The van der Waals surface area contributed by atoms with Gasteiger partial charge in [0.1, 0.15) is 0 Å². The van der Waals surface area contributed by atoms with E-state index in [0.717, 1.165) is 0 Å². The zero-order valence-electron chi connectivity index (χ0n) is 48.7. The molecule has 0 aliphatic carbocycles. The molecule has 0 bridgehead atoms. The van der Waals surface area contributed by atoms with Crippen molar-refractivity contribution in [2.24, 2.45) is 0 Å². The molecule has 0 atom stereocenters. The van der Waals surface area contributed by atoms with Gasteiger partial charge in [0.05, 0.1) is 0 Å². The summed E-state index contributed by atoms with van der Waals surface area (Å²) in [7, 11) is -4.67. The third-order valence-corrected chi connectivity index (χ3v) is 16.0. The normalized spacial score (nSPS) is 11.7. The molecule has 2 aromatic rings. The smallest absolute Gasteiger partial charge is 0.264 e. The summed E-state index contributed by atoms with van der Waals surface area (Å²) in [6, 6.07) is 12.1. The minimum absolute atomic E-state index is 1.29. The summed E-state index contributed by atoms with van der Waals surface area (Å²) in [4.78, 5) is 0. The Kier molecular flexibility index (Phi) is 50.5. The number of aryl methyl sites for hydroxylation is 2. The van der Waals surface area contributed by atoms with Gasteiger partial charge in [0.2, 0.25) is 0 Å². The number of hydrogen-bond donors (Lipinski definition) is 2. The van der Waals surface area contributed by atoms with Gasteiger partial charge in [-0.05, 0) is 66.0 Å². The van der Waals surface area contributed by atoms with Crippen LogP contribution in [0.25, 0.3) is 10.8 Å². The monoisotopic (exact) mass is 1020 g/mol. The van der Waals surface area contributed by atoms with Gasteiger partial charge in [0, 0.05) is 0 Å². The van der Waals surface area contributed by atoms with Gasteiger partial charge in [0.15, 0.2) is 0 Å². The topological polar surface area (TPSA) is 74.6 Å². The summed E-state index contributed by atoms with van der Waals surface area (Å²) in [5.74, 6) is 0. The van der Waals surface area contributed by atoms with E-state index in [0.29, 0.717) is 0 Å². The summed E-state index contributed by atoms with van der Waals surface area (Å²) in [5.41, 5.74) is 5.25. The van der Waals surface area contributed by atoms with E-state index in [1.807, 2.05) is 0 Å². The van der Waals surface area contributed by atoms with E-state index in [1.54, 1.807) is 22.1 Å². The molecule has 72 heavy (non-hydrogen) atoms. The molecule has 0 spiro atoms. The predicted octanol–water partition coefficient (Wildman–Crippen LogP) is 23.8. The second-order valence-electron chi connectivity index (χ2n) is 22.9. The second kappa shape index (κ2) is 53.0. The molecule has 0 saturated heterocycles. The molecule has 0 fully saturated rings. The van der Waals surface area contributed by atoms with Crippen LogP contribution in [-0.2, 0) is 29.7 Å². The molecule has 5 heteroatoms. The number of rotatable bonds is 54. The zero-order chi connectivity index (χ0) is 52.1. The molecule has 2 rings (SSSR count). The van der Waals surface area contributed by atoms with Gasteiger partial charge in [0.25, 0.3) is 0 Å². The van der Waals surface area contributed by atoms with Crippen LogP contribution in [0.4, 0.5) is 0 Å². The van der Waals surface area contributed by atoms with Crippen LogP contribution in [0.3, 0.4) is 0 Å². The minimum Gasteiger partial charge on any atom is -0.264 e. The molecule has 0 saturated carbocycles. The average molecular weight is 1030 g/mol. The van der Waals surface area contributed by atoms with E-state index >= 15 is 0 Å². The van der Waals surface area contributed by atoms with Crippen molar-refractivity contribution < 1.29 is 17.5 Å². The van der Waals surface area contributed by atoms with Crippen molar-refractivity contribution in [2.75, 3.05) is 0 Å². The molecular formula is C67H124O4S. The lowest BCUT2D eigenvalue weighted by Crippen LogP contribution is -2.04. The molecule has 2 aromatic carbocycles. The van der Waals surface area contributed by atoms with Gasteiger partial charge in [-0.25, -0.2) is 0 Å². The molecule has 0 unspecified atom stereocenters. The molecule has 0 radical (unpaired) electrons. The van der Waals surface area contributed by atoms with Crippen LogP contribution in [0.5, 0.6) is 0 Å². The third kappa shape index (κ3) is 45.9. The van der Waals surface area contributed by atoms with Gasteiger partial charge in [-0.3, -0.25) is 9.11 Å². The summed E-state index contributed by atoms with van der Waals surface area (Å²) >= 11 is 0. The maximum atomic E-state index is 8.74. The fraction of sp³-hybridized carbons (Fsp3) is 0.851. The molecule has 2 N–H and O–H groups in total. The molecule has 422 valence electrons. The first-order chi connectivity index (χ1) is 35.3.